The summed E-state index contributed by atoms with van der Waals surface area (Å²) in [6.07, 6.45) is 4.83. The summed E-state index contributed by atoms with van der Waals surface area (Å²) in [6.45, 7) is 0. The molecule has 0 spiro atoms. The van der Waals surface area contributed by atoms with E-state index >= 15 is 0 Å². The van der Waals surface area contributed by atoms with Gasteiger partial charge in [0.15, 0.2) is 0 Å². The second-order valence-electron chi connectivity index (χ2n) is 14.3. The summed E-state index contributed by atoms with van der Waals surface area (Å²) in [6, 6.07) is 88.4. The van der Waals surface area contributed by atoms with Crippen molar-refractivity contribution in [3.05, 3.63) is 243 Å². The van der Waals surface area contributed by atoms with E-state index in [0.717, 1.165) is 0 Å². The molecule has 67 heavy (non-hydrogen) atoms. The zero-order valence-corrected chi connectivity index (χ0v) is 41.4. The third kappa shape index (κ3) is 21.2. The van der Waals surface area contributed by atoms with Gasteiger partial charge in [-0.1, -0.05) is 243 Å². The summed E-state index contributed by atoms with van der Waals surface area (Å²) >= 11 is 0. The first-order valence-corrected chi connectivity index (χ1v) is 27.2. The van der Waals surface area contributed by atoms with Gasteiger partial charge in [0.25, 0.3) is 0 Å². The van der Waals surface area contributed by atoms with Gasteiger partial charge in [-0.15, -0.1) is 0 Å². The fourth-order valence-corrected chi connectivity index (χ4v) is 17.6. The molecule has 0 saturated heterocycles. The third-order valence-electron chi connectivity index (χ3n) is 9.64. The van der Waals surface area contributed by atoms with Crippen LogP contribution in [-0.2, 0) is 19.5 Å². The number of benzene rings is 8. The molecule has 349 valence electrons. The van der Waals surface area contributed by atoms with Gasteiger partial charge in [-0.3, -0.25) is 0 Å². The van der Waals surface area contributed by atoms with Crippen molar-refractivity contribution < 1.29 is 54.0 Å². The van der Waals surface area contributed by atoms with Crippen LogP contribution < -0.4 is 42.4 Å². The normalized spacial score (nSPS) is 11.0. The standard InChI is InChI=1S/2C26H24P2.2BF4.Rh/c2*1-5-13-23(14-6-1)27(24-15-7-2-8-16-24)21-22-28(25-17-9-3-10-18-25)26-19-11-4-12-20-26;2*2-1(3,4)5;/h2*1-20H,21-22H2;;;/q;;2*-1;. The molecule has 0 N–H and O–H groups in total. The molecule has 0 aromatic heterocycles. The third-order valence-corrected chi connectivity index (χ3v) is 20.4. The summed E-state index contributed by atoms with van der Waals surface area (Å²) in [5.74, 6) is 0. The van der Waals surface area contributed by atoms with Gasteiger partial charge in [-0.25, -0.2) is 0 Å². The fourth-order valence-electron chi connectivity index (χ4n) is 6.89. The molecule has 0 aliphatic carbocycles. The molecule has 8 rings (SSSR count). The second-order valence-corrected chi connectivity index (χ2v) is 23.6. The predicted octanol–water partition coefficient (Wildman–Crippen LogP) is 13.1. The molecule has 0 fully saturated rings. The van der Waals surface area contributed by atoms with Crippen LogP contribution in [0, 0.1) is 0 Å². The number of rotatable bonds is 14. The van der Waals surface area contributed by atoms with Gasteiger partial charge in [0.2, 0.25) is 0 Å². The Bertz CT molecular complexity index is 1980. The fraction of sp³-hybridized carbons (Fsp3) is 0.0769. The van der Waals surface area contributed by atoms with Crippen molar-refractivity contribution in [2.24, 2.45) is 0 Å². The van der Waals surface area contributed by atoms with Crippen LogP contribution in [0.1, 0.15) is 0 Å². The smallest absolute Gasteiger partial charge is 0.418 e. The van der Waals surface area contributed by atoms with E-state index in [4.69, 9.17) is 0 Å². The Hall–Kier alpha value is -4.33. The van der Waals surface area contributed by atoms with Crippen LogP contribution in [0.2, 0.25) is 0 Å². The van der Waals surface area contributed by atoms with Crippen LogP contribution in [0.15, 0.2) is 243 Å². The van der Waals surface area contributed by atoms with Crippen LogP contribution in [0.3, 0.4) is 0 Å². The van der Waals surface area contributed by atoms with Crippen LogP contribution in [0.25, 0.3) is 0 Å². The van der Waals surface area contributed by atoms with Crippen molar-refractivity contribution in [1.29, 1.82) is 0 Å². The van der Waals surface area contributed by atoms with Crippen molar-refractivity contribution in [1.82, 2.24) is 0 Å². The van der Waals surface area contributed by atoms with Gasteiger partial charge in [0.05, 0.1) is 0 Å². The van der Waals surface area contributed by atoms with Gasteiger partial charge in [-0.2, -0.15) is 0 Å². The molecule has 1 radical (unpaired) electrons. The Morgan fingerprint density at radius 2 is 0.299 bits per heavy atom. The van der Waals surface area contributed by atoms with E-state index in [9.17, 15) is 34.5 Å². The average Bonchev–Trinajstić information content (AvgIpc) is 3.33. The predicted molar refractivity (Wildman–Crippen MR) is 276 cm³/mol. The van der Waals surface area contributed by atoms with E-state index in [2.05, 4.69) is 243 Å². The molecule has 0 saturated carbocycles. The monoisotopic (exact) mass is 1070 g/mol. The molecule has 0 nitrogen and oxygen atoms in total. The maximum Gasteiger partial charge on any atom is 0.673 e. The van der Waals surface area contributed by atoms with E-state index in [1.54, 1.807) is 0 Å². The molecule has 0 bridgehead atoms. The largest absolute Gasteiger partial charge is 0.673 e. The molecule has 0 aliphatic heterocycles. The van der Waals surface area contributed by atoms with E-state index < -0.39 is 14.5 Å². The second kappa shape index (κ2) is 29.5. The molecule has 0 aliphatic rings. The Balaban J connectivity index is 0.000000241. The Kier molecular flexibility index (Phi) is 24.4. The first-order valence-electron chi connectivity index (χ1n) is 21.1. The maximum absolute atomic E-state index is 9.75. The molecule has 8 aromatic carbocycles. The van der Waals surface area contributed by atoms with Crippen molar-refractivity contribution in [2.75, 3.05) is 24.6 Å². The molecule has 0 amide bonds. The van der Waals surface area contributed by atoms with E-state index in [0.29, 0.717) is 0 Å². The minimum atomic E-state index is -6.00. The van der Waals surface area contributed by atoms with Crippen molar-refractivity contribution in [3.63, 3.8) is 0 Å². The topological polar surface area (TPSA) is 0 Å². The van der Waals surface area contributed by atoms with Gasteiger partial charge in [0.1, 0.15) is 0 Å². The molecule has 8 aromatic rings. The summed E-state index contributed by atoms with van der Waals surface area (Å²) in [5.41, 5.74) is 0. The summed E-state index contributed by atoms with van der Waals surface area (Å²) in [4.78, 5) is 0. The molecule has 0 heterocycles. The minimum Gasteiger partial charge on any atom is -0.418 e. The summed E-state index contributed by atoms with van der Waals surface area (Å²) < 4.78 is 78.0. The van der Waals surface area contributed by atoms with Crippen LogP contribution >= 0.6 is 31.7 Å². The van der Waals surface area contributed by atoms with Crippen LogP contribution in [-0.4, -0.2) is 39.2 Å². The number of halogens is 8. The van der Waals surface area contributed by atoms with Crippen molar-refractivity contribution in [2.45, 2.75) is 0 Å². The Labute approximate surface area is 407 Å². The minimum absolute atomic E-state index is 0. The molecule has 0 unspecified atom stereocenters. The first-order chi connectivity index (χ1) is 31.8. The molecule has 0 atom stereocenters. The van der Waals surface area contributed by atoms with Gasteiger partial charge >= 0.3 is 14.5 Å². The maximum atomic E-state index is 9.75. The van der Waals surface area contributed by atoms with Gasteiger partial charge < -0.3 is 34.5 Å². The van der Waals surface area contributed by atoms with Crippen molar-refractivity contribution in [3.8, 4) is 0 Å². The molecule has 15 heteroatoms. The van der Waals surface area contributed by atoms with Gasteiger partial charge in [-0.05, 0) is 98.8 Å². The van der Waals surface area contributed by atoms with E-state index in [1.165, 1.54) is 67.1 Å². The van der Waals surface area contributed by atoms with Gasteiger partial charge in [0, 0.05) is 19.5 Å². The SMILES string of the molecule is F[B-](F)(F)F.F[B-](F)(F)F.[Rh].c1ccc(P(CCP(c2ccccc2)c2ccccc2)c2ccccc2)cc1.c1ccc(P(CCP(c2ccccc2)c2ccccc2)c2ccccc2)cc1. The quantitative estimate of drug-likeness (QED) is 0.0578. The molecular weight excluding hydrogens is 1020 g/mol. The Morgan fingerprint density at radius 3 is 0.388 bits per heavy atom. The first kappa shape index (κ1) is 55.3. The van der Waals surface area contributed by atoms with Crippen LogP contribution in [0.4, 0.5) is 34.5 Å². The number of hydrogen-bond donors (Lipinski definition) is 0. The van der Waals surface area contributed by atoms with Crippen LogP contribution in [0.5, 0.6) is 0 Å². The summed E-state index contributed by atoms with van der Waals surface area (Å²) in [5, 5.41) is 11.8. The zero-order chi connectivity index (χ0) is 47.0. The Morgan fingerprint density at radius 1 is 0.209 bits per heavy atom. The number of hydrogen-bond acceptors (Lipinski definition) is 0. The molecular formula is C52H48B2F8P4Rh-2. The average molecular weight is 1070 g/mol. The van der Waals surface area contributed by atoms with E-state index in [-0.39, 0.29) is 51.2 Å². The zero-order valence-electron chi connectivity index (χ0n) is 36.2. The van der Waals surface area contributed by atoms with E-state index in [1.807, 2.05) is 0 Å². The van der Waals surface area contributed by atoms with Crippen molar-refractivity contribution >= 4 is 88.6 Å². The summed E-state index contributed by atoms with van der Waals surface area (Å²) in [7, 11) is -13.4.